The van der Waals surface area contributed by atoms with Crippen molar-refractivity contribution >= 4 is 17.5 Å². The highest BCUT2D eigenvalue weighted by atomic mass is 16.2. The summed E-state index contributed by atoms with van der Waals surface area (Å²) in [5, 5.41) is 7.46. The fraction of sp³-hybridized carbons (Fsp3) is 0.261. The average molecular weight is 403 g/mol. The average Bonchev–Trinajstić information content (AvgIpc) is 3.37. The second-order valence-corrected chi connectivity index (χ2v) is 7.56. The van der Waals surface area contributed by atoms with Crippen LogP contribution in [0.1, 0.15) is 34.6 Å². The van der Waals surface area contributed by atoms with Crippen LogP contribution in [-0.4, -0.2) is 39.1 Å². The molecule has 154 valence electrons. The van der Waals surface area contributed by atoms with Crippen LogP contribution in [0.2, 0.25) is 0 Å². The molecule has 0 spiro atoms. The number of carbonyl (C=O) groups is 2. The fourth-order valence-corrected chi connectivity index (χ4v) is 3.94. The lowest BCUT2D eigenvalue weighted by Gasteiger charge is -2.23. The molecule has 7 nitrogen and oxygen atoms in total. The van der Waals surface area contributed by atoms with E-state index in [1.807, 2.05) is 61.5 Å². The molecule has 3 N–H and O–H groups in total. The van der Waals surface area contributed by atoms with Crippen LogP contribution in [0.3, 0.4) is 0 Å². The van der Waals surface area contributed by atoms with Gasteiger partial charge in [0, 0.05) is 17.9 Å². The van der Waals surface area contributed by atoms with Gasteiger partial charge in [-0.2, -0.15) is 5.10 Å². The quantitative estimate of drug-likeness (QED) is 0.662. The van der Waals surface area contributed by atoms with Crippen LogP contribution in [0.4, 0.5) is 5.69 Å². The van der Waals surface area contributed by atoms with Gasteiger partial charge in [-0.25, -0.2) is 4.68 Å². The Morgan fingerprint density at radius 1 is 1.13 bits per heavy atom. The van der Waals surface area contributed by atoms with E-state index in [0.29, 0.717) is 17.9 Å². The van der Waals surface area contributed by atoms with E-state index in [2.05, 4.69) is 15.3 Å². The second-order valence-electron chi connectivity index (χ2n) is 7.56. The van der Waals surface area contributed by atoms with Gasteiger partial charge < -0.3 is 11.1 Å². The number of hydrogen-bond acceptors (Lipinski definition) is 4. The Kier molecular flexibility index (Phi) is 5.63. The van der Waals surface area contributed by atoms with Crippen LogP contribution in [0.5, 0.6) is 0 Å². The van der Waals surface area contributed by atoms with Gasteiger partial charge in [0.15, 0.2) is 5.69 Å². The number of benzene rings is 2. The number of anilines is 1. The number of hydrogen-bond donors (Lipinski definition) is 2. The smallest absolute Gasteiger partial charge is 0.276 e. The monoisotopic (exact) mass is 403 g/mol. The van der Waals surface area contributed by atoms with Crippen LogP contribution in [-0.2, 0) is 11.3 Å². The molecule has 0 radical (unpaired) electrons. The van der Waals surface area contributed by atoms with Gasteiger partial charge in [-0.15, -0.1) is 0 Å². The van der Waals surface area contributed by atoms with Gasteiger partial charge in [-0.1, -0.05) is 36.4 Å². The molecule has 2 amide bonds. The maximum absolute atomic E-state index is 12.9. The number of likely N-dealkylation sites (tertiary alicyclic amines) is 1. The Morgan fingerprint density at radius 3 is 2.63 bits per heavy atom. The van der Waals surface area contributed by atoms with Crippen molar-refractivity contribution in [3.63, 3.8) is 0 Å². The molecule has 0 bridgehead atoms. The number of primary amides is 1. The summed E-state index contributed by atoms with van der Waals surface area (Å²) in [7, 11) is 0. The third-order valence-electron chi connectivity index (χ3n) is 5.45. The van der Waals surface area contributed by atoms with Gasteiger partial charge in [-0.05, 0) is 56.1 Å². The highest BCUT2D eigenvalue weighted by molar-refractivity contribution is 6.03. The predicted octanol–water partition coefficient (Wildman–Crippen LogP) is 2.88. The molecule has 7 heteroatoms. The van der Waals surface area contributed by atoms with Gasteiger partial charge in [0.2, 0.25) is 5.91 Å². The number of nitrogens with zero attached hydrogens (tertiary/aromatic N) is 3. The molecule has 1 fully saturated rings. The first-order chi connectivity index (χ1) is 14.5. The molecule has 4 rings (SSSR count). The second kappa shape index (κ2) is 8.51. The van der Waals surface area contributed by atoms with E-state index in [9.17, 15) is 9.59 Å². The van der Waals surface area contributed by atoms with Crippen molar-refractivity contribution in [1.82, 2.24) is 14.7 Å². The zero-order valence-electron chi connectivity index (χ0n) is 16.9. The van der Waals surface area contributed by atoms with Crippen LogP contribution in [0.15, 0.2) is 60.7 Å². The summed E-state index contributed by atoms with van der Waals surface area (Å²) in [6.45, 7) is 3.29. The third kappa shape index (κ3) is 4.11. The first-order valence-electron chi connectivity index (χ1n) is 10.1. The minimum absolute atomic E-state index is 0.252. The number of amides is 2. The van der Waals surface area contributed by atoms with Gasteiger partial charge in [0.05, 0.1) is 11.7 Å². The Balaban J connectivity index is 1.53. The van der Waals surface area contributed by atoms with Crippen LogP contribution >= 0.6 is 0 Å². The summed E-state index contributed by atoms with van der Waals surface area (Å²) < 4.78 is 1.75. The van der Waals surface area contributed by atoms with E-state index in [1.54, 1.807) is 10.7 Å². The standard InChI is InChI=1S/C23H25N5O2/c1-16-14-20(26-28(16)18-9-3-2-4-10-18)23(30)25-19-11-6-5-8-17(19)15-27-13-7-12-21(27)22(24)29/h2-6,8-11,14,21H,7,12-13,15H2,1H3,(H2,24,29)(H,25,30). The van der Waals surface area contributed by atoms with Crippen LogP contribution in [0, 0.1) is 6.92 Å². The van der Waals surface area contributed by atoms with Crippen LogP contribution in [0.25, 0.3) is 5.69 Å². The number of aryl methyl sites for hydroxylation is 1. The minimum Gasteiger partial charge on any atom is -0.368 e. The lowest BCUT2D eigenvalue weighted by molar-refractivity contribution is -0.122. The molecule has 1 unspecified atom stereocenters. The van der Waals surface area contributed by atoms with Crippen molar-refractivity contribution in [2.75, 3.05) is 11.9 Å². The molecule has 1 aliphatic heterocycles. The highest BCUT2D eigenvalue weighted by Crippen LogP contribution is 2.24. The largest absolute Gasteiger partial charge is 0.368 e. The van der Waals surface area contributed by atoms with Gasteiger partial charge >= 0.3 is 0 Å². The van der Waals surface area contributed by atoms with Gasteiger partial charge in [0.1, 0.15) is 0 Å². The number of para-hydroxylation sites is 2. The molecule has 3 aromatic rings. The van der Waals surface area contributed by atoms with E-state index in [4.69, 9.17) is 5.73 Å². The molecule has 0 aliphatic carbocycles. The summed E-state index contributed by atoms with van der Waals surface area (Å²) in [5.74, 6) is -0.566. The zero-order valence-corrected chi connectivity index (χ0v) is 16.9. The summed E-state index contributed by atoms with van der Waals surface area (Å²) in [6, 6.07) is 18.8. The molecular weight excluding hydrogens is 378 g/mol. The summed E-state index contributed by atoms with van der Waals surface area (Å²) in [4.78, 5) is 26.7. The molecule has 1 aromatic heterocycles. The zero-order chi connectivity index (χ0) is 21.1. The Hall–Kier alpha value is -3.45. The lowest BCUT2D eigenvalue weighted by atomic mass is 10.1. The molecular formula is C23H25N5O2. The molecule has 2 aromatic carbocycles. The van der Waals surface area contributed by atoms with Gasteiger partial charge in [0.25, 0.3) is 5.91 Å². The fourth-order valence-electron chi connectivity index (χ4n) is 3.94. The SMILES string of the molecule is Cc1cc(C(=O)Nc2ccccc2CN2CCCC2C(N)=O)nn1-c1ccccc1. The number of rotatable bonds is 6. The minimum atomic E-state index is -0.295. The Labute approximate surface area is 175 Å². The van der Waals surface area contributed by atoms with Crippen molar-refractivity contribution < 1.29 is 9.59 Å². The number of aromatic nitrogens is 2. The van der Waals surface area contributed by atoms with E-state index in [0.717, 1.165) is 36.3 Å². The van der Waals surface area contributed by atoms with Crippen molar-refractivity contribution in [2.24, 2.45) is 5.73 Å². The van der Waals surface area contributed by atoms with E-state index in [-0.39, 0.29) is 17.9 Å². The Morgan fingerprint density at radius 2 is 1.87 bits per heavy atom. The highest BCUT2D eigenvalue weighted by Gasteiger charge is 2.29. The maximum atomic E-state index is 12.9. The molecule has 1 saturated heterocycles. The molecule has 0 saturated carbocycles. The predicted molar refractivity (Wildman–Crippen MR) is 115 cm³/mol. The summed E-state index contributed by atoms with van der Waals surface area (Å²) in [6.07, 6.45) is 1.72. The lowest BCUT2D eigenvalue weighted by Crippen LogP contribution is -2.39. The molecule has 1 atom stereocenters. The number of carbonyl (C=O) groups excluding carboxylic acids is 2. The number of nitrogens with one attached hydrogen (secondary N) is 1. The van der Waals surface area contributed by atoms with Crippen molar-refractivity contribution in [3.05, 3.63) is 77.6 Å². The topological polar surface area (TPSA) is 93.2 Å². The molecule has 30 heavy (non-hydrogen) atoms. The van der Waals surface area contributed by atoms with Crippen molar-refractivity contribution in [1.29, 1.82) is 0 Å². The molecule has 2 heterocycles. The van der Waals surface area contributed by atoms with Crippen LogP contribution < -0.4 is 11.1 Å². The first kappa shape index (κ1) is 19.8. The third-order valence-corrected chi connectivity index (χ3v) is 5.45. The first-order valence-corrected chi connectivity index (χ1v) is 10.1. The van der Waals surface area contributed by atoms with E-state index >= 15 is 0 Å². The number of nitrogens with two attached hydrogens (primary N) is 1. The Bertz CT molecular complexity index is 1060. The van der Waals surface area contributed by atoms with Gasteiger partial charge in [-0.3, -0.25) is 14.5 Å². The van der Waals surface area contributed by atoms with E-state index < -0.39 is 0 Å². The normalized spacial score (nSPS) is 16.5. The van der Waals surface area contributed by atoms with Crippen molar-refractivity contribution in [2.45, 2.75) is 32.4 Å². The molecule has 1 aliphatic rings. The van der Waals surface area contributed by atoms with Crippen molar-refractivity contribution in [3.8, 4) is 5.69 Å². The maximum Gasteiger partial charge on any atom is 0.276 e. The summed E-state index contributed by atoms with van der Waals surface area (Å²) >= 11 is 0. The van der Waals surface area contributed by atoms with E-state index in [1.165, 1.54) is 0 Å². The summed E-state index contributed by atoms with van der Waals surface area (Å²) in [5.41, 5.74) is 9.32.